The van der Waals surface area contributed by atoms with Crippen molar-refractivity contribution in [3.8, 4) is 0 Å². The van der Waals surface area contributed by atoms with E-state index in [2.05, 4.69) is 18.2 Å². The number of fused-ring (bicyclic) bond motifs is 1. The van der Waals surface area contributed by atoms with Crippen LogP contribution in [0.5, 0.6) is 0 Å². The van der Waals surface area contributed by atoms with Gasteiger partial charge in [-0.3, -0.25) is 4.79 Å². The molecule has 3 nitrogen and oxygen atoms in total. The molecule has 2 atom stereocenters. The number of carbonyl (C=O) groups is 1. The fourth-order valence-electron chi connectivity index (χ4n) is 3.11. The summed E-state index contributed by atoms with van der Waals surface area (Å²) in [5.74, 6) is -0.0251. The monoisotopic (exact) mass is 280 g/mol. The zero-order valence-electron chi connectivity index (χ0n) is 12.2. The number of aryl methyl sites for hydroxylation is 1. The molecule has 0 fully saturated rings. The van der Waals surface area contributed by atoms with Crippen molar-refractivity contribution in [3.63, 3.8) is 0 Å². The molecule has 0 saturated heterocycles. The summed E-state index contributed by atoms with van der Waals surface area (Å²) in [6, 6.07) is 17.4. The molecular weight excluding hydrogens is 260 g/mol. The van der Waals surface area contributed by atoms with E-state index in [1.807, 2.05) is 48.3 Å². The number of hydrogen-bond donors (Lipinski definition) is 1. The lowest BCUT2D eigenvalue weighted by Gasteiger charge is -2.28. The maximum absolute atomic E-state index is 12.6. The van der Waals surface area contributed by atoms with Crippen LogP contribution in [0, 0.1) is 0 Å². The molecule has 2 aromatic rings. The van der Waals surface area contributed by atoms with Gasteiger partial charge in [0, 0.05) is 7.05 Å². The molecule has 0 bridgehead atoms. The van der Waals surface area contributed by atoms with Crippen LogP contribution < -0.4 is 5.73 Å². The van der Waals surface area contributed by atoms with Gasteiger partial charge in [-0.15, -0.1) is 0 Å². The van der Waals surface area contributed by atoms with E-state index in [0.717, 1.165) is 18.4 Å². The molecule has 3 rings (SSSR count). The van der Waals surface area contributed by atoms with E-state index in [4.69, 9.17) is 5.73 Å². The first-order valence-corrected chi connectivity index (χ1v) is 7.33. The molecule has 1 aliphatic rings. The molecule has 0 radical (unpaired) electrons. The number of hydrogen-bond acceptors (Lipinski definition) is 2. The maximum Gasteiger partial charge on any atom is 0.244 e. The Balaban J connectivity index is 1.80. The number of benzene rings is 2. The Hall–Kier alpha value is -2.13. The quantitative estimate of drug-likeness (QED) is 0.939. The summed E-state index contributed by atoms with van der Waals surface area (Å²) in [5.41, 5.74) is 9.60. The van der Waals surface area contributed by atoms with Gasteiger partial charge in [0.25, 0.3) is 0 Å². The van der Waals surface area contributed by atoms with E-state index in [1.165, 1.54) is 11.1 Å². The summed E-state index contributed by atoms with van der Waals surface area (Å²) >= 11 is 0. The summed E-state index contributed by atoms with van der Waals surface area (Å²) in [6.07, 6.45) is 2.00. The smallest absolute Gasteiger partial charge is 0.244 e. The molecule has 1 aliphatic carbocycles. The Bertz CT molecular complexity index is 639. The minimum Gasteiger partial charge on any atom is -0.337 e. The van der Waals surface area contributed by atoms with Gasteiger partial charge in [-0.05, 0) is 29.5 Å². The van der Waals surface area contributed by atoms with Gasteiger partial charge in [0.2, 0.25) is 5.91 Å². The lowest BCUT2D eigenvalue weighted by Crippen LogP contribution is -2.37. The topological polar surface area (TPSA) is 46.3 Å². The van der Waals surface area contributed by atoms with Crippen molar-refractivity contribution < 1.29 is 4.79 Å². The van der Waals surface area contributed by atoms with Crippen LogP contribution in [0.4, 0.5) is 0 Å². The second kappa shape index (κ2) is 5.70. The summed E-state index contributed by atoms with van der Waals surface area (Å²) in [4.78, 5) is 14.5. The predicted molar refractivity (Wildman–Crippen MR) is 83.6 cm³/mol. The lowest BCUT2D eigenvalue weighted by molar-refractivity contribution is -0.133. The van der Waals surface area contributed by atoms with Crippen molar-refractivity contribution >= 4 is 5.91 Å². The van der Waals surface area contributed by atoms with Gasteiger partial charge >= 0.3 is 0 Å². The average Bonchev–Trinajstić information content (AvgIpc) is 2.97. The third kappa shape index (κ3) is 2.57. The third-order valence-corrected chi connectivity index (χ3v) is 4.34. The van der Waals surface area contributed by atoms with Crippen LogP contribution in [0.3, 0.4) is 0 Å². The highest BCUT2D eigenvalue weighted by Gasteiger charge is 2.30. The standard InChI is InChI=1S/C18H20N2O/c1-20(16-12-11-13-7-5-6-10-15(13)16)18(21)17(19)14-8-3-2-4-9-14/h2-10,16-17H,11-12,19H2,1H3. The second-order valence-corrected chi connectivity index (χ2v) is 5.59. The molecule has 2 aromatic carbocycles. The Morgan fingerprint density at radius 2 is 1.81 bits per heavy atom. The lowest BCUT2D eigenvalue weighted by atomic mass is 10.0. The minimum atomic E-state index is -0.594. The van der Waals surface area contributed by atoms with Gasteiger partial charge in [-0.2, -0.15) is 0 Å². The van der Waals surface area contributed by atoms with E-state index in [1.54, 1.807) is 0 Å². The number of nitrogens with two attached hydrogens (primary N) is 1. The van der Waals surface area contributed by atoms with E-state index in [9.17, 15) is 4.79 Å². The van der Waals surface area contributed by atoms with E-state index < -0.39 is 6.04 Å². The molecule has 0 aliphatic heterocycles. The second-order valence-electron chi connectivity index (χ2n) is 5.59. The van der Waals surface area contributed by atoms with Gasteiger partial charge in [-0.25, -0.2) is 0 Å². The zero-order chi connectivity index (χ0) is 14.8. The number of likely N-dealkylation sites (N-methyl/N-ethyl adjacent to an activating group) is 1. The molecule has 2 unspecified atom stereocenters. The first-order chi connectivity index (χ1) is 10.2. The first kappa shape index (κ1) is 13.8. The van der Waals surface area contributed by atoms with E-state index in [-0.39, 0.29) is 11.9 Å². The van der Waals surface area contributed by atoms with Gasteiger partial charge in [0.05, 0.1) is 6.04 Å². The summed E-state index contributed by atoms with van der Waals surface area (Å²) in [7, 11) is 1.86. The van der Waals surface area contributed by atoms with Crippen molar-refractivity contribution in [1.29, 1.82) is 0 Å². The van der Waals surface area contributed by atoms with E-state index in [0.29, 0.717) is 0 Å². The molecule has 2 N–H and O–H groups in total. The molecule has 0 aromatic heterocycles. The van der Waals surface area contributed by atoms with Crippen molar-refractivity contribution in [2.24, 2.45) is 5.73 Å². The number of nitrogens with zero attached hydrogens (tertiary/aromatic N) is 1. The van der Waals surface area contributed by atoms with Gasteiger partial charge in [-0.1, -0.05) is 54.6 Å². The first-order valence-electron chi connectivity index (χ1n) is 7.33. The number of carbonyl (C=O) groups excluding carboxylic acids is 1. The fraction of sp³-hybridized carbons (Fsp3) is 0.278. The summed E-state index contributed by atoms with van der Waals surface area (Å²) in [6.45, 7) is 0. The number of rotatable bonds is 3. The largest absolute Gasteiger partial charge is 0.337 e. The Morgan fingerprint density at radius 3 is 2.57 bits per heavy atom. The minimum absolute atomic E-state index is 0.0251. The van der Waals surface area contributed by atoms with Gasteiger partial charge < -0.3 is 10.6 Å². The molecule has 108 valence electrons. The zero-order valence-corrected chi connectivity index (χ0v) is 12.2. The molecule has 1 amide bonds. The highest BCUT2D eigenvalue weighted by molar-refractivity contribution is 5.83. The molecular formula is C18H20N2O. The van der Waals surface area contributed by atoms with Crippen LogP contribution >= 0.6 is 0 Å². The average molecular weight is 280 g/mol. The van der Waals surface area contributed by atoms with Crippen molar-refractivity contribution in [2.75, 3.05) is 7.05 Å². The highest BCUT2D eigenvalue weighted by atomic mass is 16.2. The van der Waals surface area contributed by atoms with Crippen LogP contribution in [0.2, 0.25) is 0 Å². The van der Waals surface area contributed by atoms with Crippen molar-refractivity contribution in [1.82, 2.24) is 4.90 Å². The van der Waals surface area contributed by atoms with Crippen LogP contribution in [0.1, 0.15) is 35.2 Å². The summed E-state index contributed by atoms with van der Waals surface area (Å²) in [5, 5.41) is 0. The Labute approximate surface area is 125 Å². The van der Waals surface area contributed by atoms with E-state index >= 15 is 0 Å². The predicted octanol–water partition coefficient (Wildman–Crippen LogP) is 2.83. The Kier molecular flexibility index (Phi) is 3.76. The SMILES string of the molecule is CN(C(=O)C(N)c1ccccc1)C1CCc2ccccc21. The highest BCUT2D eigenvalue weighted by Crippen LogP contribution is 2.35. The molecule has 0 saturated carbocycles. The summed E-state index contributed by atoms with van der Waals surface area (Å²) < 4.78 is 0. The molecule has 0 heterocycles. The molecule has 3 heteroatoms. The van der Waals surface area contributed by atoms with Crippen LogP contribution in [-0.2, 0) is 11.2 Å². The van der Waals surface area contributed by atoms with Gasteiger partial charge in [0.1, 0.15) is 6.04 Å². The fourth-order valence-corrected chi connectivity index (χ4v) is 3.11. The molecule has 0 spiro atoms. The third-order valence-electron chi connectivity index (χ3n) is 4.34. The van der Waals surface area contributed by atoms with Crippen LogP contribution in [-0.4, -0.2) is 17.9 Å². The number of amides is 1. The normalized spacial score (nSPS) is 18.1. The van der Waals surface area contributed by atoms with Crippen LogP contribution in [0.15, 0.2) is 54.6 Å². The Morgan fingerprint density at radius 1 is 1.14 bits per heavy atom. The van der Waals surface area contributed by atoms with Gasteiger partial charge in [0.15, 0.2) is 0 Å². The molecule has 21 heavy (non-hydrogen) atoms. The van der Waals surface area contributed by atoms with Crippen molar-refractivity contribution in [3.05, 3.63) is 71.3 Å². The van der Waals surface area contributed by atoms with Crippen molar-refractivity contribution in [2.45, 2.75) is 24.9 Å². The maximum atomic E-state index is 12.6. The van der Waals surface area contributed by atoms with Crippen LogP contribution in [0.25, 0.3) is 0 Å².